The molecule has 0 bridgehead atoms. The molecule has 0 N–H and O–H groups in total. The van der Waals surface area contributed by atoms with Gasteiger partial charge in [0.2, 0.25) is 0 Å². The lowest BCUT2D eigenvalue weighted by atomic mass is 10.0. The van der Waals surface area contributed by atoms with E-state index in [0.717, 1.165) is 53.2 Å². The van der Waals surface area contributed by atoms with Gasteiger partial charge in [-0.05, 0) is 31.5 Å². The summed E-state index contributed by atoms with van der Waals surface area (Å²) < 4.78 is 1.76. The van der Waals surface area contributed by atoms with Crippen LogP contribution in [0.15, 0.2) is 43.1 Å². The summed E-state index contributed by atoms with van der Waals surface area (Å²) >= 11 is 0. The van der Waals surface area contributed by atoms with Gasteiger partial charge in [-0.2, -0.15) is 4.52 Å². The van der Waals surface area contributed by atoms with E-state index in [1.54, 1.807) is 17.0 Å². The number of pyridine rings is 2. The summed E-state index contributed by atoms with van der Waals surface area (Å²) in [7, 11) is 0. The highest BCUT2D eigenvalue weighted by Crippen LogP contribution is 2.29. The minimum atomic E-state index is 0.789. The predicted octanol–water partition coefficient (Wildman–Crippen LogP) is 2.76. The van der Waals surface area contributed by atoms with Gasteiger partial charge in [-0.25, -0.2) is 0 Å². The predicted molar refractivity (Wildman–Crippen MR) is 102 cm³/mol. The Balaban J connectivity index is 1.53. The number of aromatic nitrogens is 6. The molecule has 5 heterocycles. The molecule has 0 radical (unpaired) electrons. The zero-order chi connectivity index (χ0) is 18.4. The third-order valence-electron chi connectivity index (χ3n) is 5.30. The summed E-state index contributed by atoms with van der Waals surface area (Å²) in [5.74, 6) is 0.984. The van der Waals surface area contributed by atoms with Gasteiger partial charge in [0.1, 0.15) is 6.33 Å². The number of hydrogen-bond acceptors (Lipinski definition) is 6. The first-order chi connectivity index (χ1) is 13.2. The Hall–Kier alpha value is -3.35. The Kier molecular flexibility index (Phi) is 3.60. The van der Waals surface area contributed by atoms with Crippen molar-refractivity contribution in [2.45, 2.75) is 26.8 Å². The van der Waals surface area contributed by atoms with Gasteiger partial charge < -0.3 is 4.90 Å². The zero-order valence-electron chi connectivity index (χ0n) is 15.3. The van der Waals surface area contributed by atoms with Gasteiger partial charge in [0.25, 0.3) is 0 Å². The van der Waals surface area contributed by atoms with Gasteiger partial charge in [0, 0.05) is 66.0 Å². The lowest BCUT2D eigenvalue weighted by molar-refractivity contribution is 0.688. The smallest absolute Gasteiger partial charge is 0.180 e. The molecule has 134 valence electrons. The third-order valence-corrected chi connectivity index (χ3v) is 5.30. The zero-order valence-corrected chi connectivity index (χ0v) is 15.3. The van der Waals surface area contributed by atoms with Crippen molar-refractivity contribution in [2.75, 3.05) is 11.4 Å². The molecular weight excluding hydrogens is 338 g/mol. The Labute approximate surface area is 156 Å². The molecule has 0 saturated heterocycles. The van der Waals surface area contributed by atoms with Crippen molar-refractivity contribution in [3.8, 4) is 11.1 Å². The molecule has 0 saturated carbocycles. The van der Waals surface area contributed by atoms with Crippen LogP contribution in [0.1, 0.15) is 22.4 Å². The number of hydrogen-bond donors (Lipinski definition) is 0. The SMILES string of the molecule is Cc1c(N2CCc3ncc(-c4cccnc4)cc3C2)nn2cnnc2c1C. The van der Waals surface area contributed by atoms with Crippen molar-refractivity contribution < 1.29 is 0 Å². The molecule has 7 nitrogen and oxygen atoms in total. The molecule has 0 unspecified atom stereocenters. The highest BCUT2D eigenvalue weighted by atomic mass is 15.4. The fraction of sp³-hybridized carbons (Fsp3) is 0.250. The summed E-state index contributed by atoms with van der Waals surface area (Å²) in [5, 5.41) is 12.9. The summed E-state index contributed by atoms with van der Waals surface area (Å²) in [6.07, 6.45) is 8.17. The van der Waals surface area contributed by atoms with E-state index in [0.29, 0.717) is 0 Å². The molecule has 7 heteroatoms. The Morgan fingerprint density at radius 2 is 2.00 bits per heavy atom. The third kappa shape index (κ3) is 2.63. The minimum absolute atomic E-state index is 0.789. The number of nitrogens with zero attached hydrogens (tertiary/aromatic N) is 7. The summed E-state index contributed by atoms with van der Waals surface area (Å²) in [5.41, 5.74) is 7.67. The van der Waals surface area contributed by atoms with Crippen LogP contribution in [0, 0.1) is 13.8 Å². The van der Waals surface area contributed by atoms with Gasteiger partial charge in [-0.1, -0.05) is 6.07 Å². The van der Waals surface area contributed by atoms with Crippen molar-refractivity contribution in [3.63, 3.8) is 0 Å². The second kappa shape index (κ2) is 6.12. The van der Waals surface area contributed by atoms with Gasteiger partial charge in [-0.3, -0.25) is 9.97 Å². The van der Waals surface area contributed by atoms with E-state index in [1.165, 1.54) is 11.3 Å². The van der Waals surface area contributed by atoms with Crippen LogP contribution in [0.2, 0.25) is 0 Å². The maximum absolute atomic E-state index is 4.76. The van der Waals surface area contributed by atoms with Crippen molar-refractivity contribution in [1.82, 2.24) is 29.8 Å². The topological polar surface area (TPSA) is 72.1 Å². The number of fused-ring (bicyclic) bond motifs is 2. The van der Waals surface area contributed by atoms with E-state index in [4.69, 9.17) is 10.1 Å². The second-order valence-electron chi connectivity index (χ2n) is 6.92. The summed E-state index contributed by atoms with van der Waals surface area (Å²) in [6.45, 7) is 5.86. The van der Waals surface area contributed by atoms with Crippen LogP contribution >= 0.6 is 0 Å². The fourth-order valence-electron chi connectivity index (χ4n) is 3.66. The maximum Gasteiger partial charge on any atom is 0.180 e. The van der Waals surface area contributed by atoms with Gasteiger partial charge in [0.05, 0.1) is 0 Å². The lowest BCUT2D eigenvalue weighted by Crippen LogP contribution is -2.32. The summed E-state index contributed by atoms with van der Waals surface area (Å²) in [6, 6.07) is 6.24. The highest BCUT2D eigenvalue weighted by molar-refractivity contribution is 5.64. The van der Waals surface area contributed by atoms with E-state index in [1.807, 2.05) is 18.5 Å². The first kappa shape index (κ1) is 15.9. The fourth-order valence-corrected chi connectivity index (χ4v) is 3.66. The summed E-state index contributed by atoms with van der Waals surface area (Å²) in [4.78, 5) is 11.2. The molecule has 1 aliphatic rings. The van der Waals surface area contributed by atoms with E-state index in [-0.39, 0.29) is 0 Å². The molecule has 4 aromatic heterocycles. The van der Waals surface area contributed by atoms with Crippen LogP contribution in [0.3, 0.4) is 0 Å². The number of anilines is 1. The van der Waals surface area contributed by atoms with Gasteiger partial charge in [0.15, 0.2) is 11.5 Å². The first-order valence-electron chi connectivity index (χ1n) is 9.01. The number of rotatable bonds is 2. The molecule has 0 amide bonds. The van der Waals surface area contributed by atoms with Crippen LogP contribution in [0.25, 0.3) is 16.8 Å². The minimum Gasteiger partial charge on any atom is -0.350 e. The lowest BCUT2D eigenvalue weighted by Gasteiger charge is -2.30. The average Bonchev–Trinajstić information content (AvgIpc) is 3.19. The van der Waals surface area contributed by atoms with Crippen LogP contribution in [-0.2, 0) is 13.0 Å². The molecule has 1 aliphatic heterocycles. The van der Waals surface area contributed by atoms with Gasteiger partial charge in [-0.15, -0.1) is 15.3 Å². The van der Waals surface area contributed by atoms with Crippen molar-refractivity contribution >= 4 is 11.5 Å². The average molecular weight is 357 g/mol. The Morgan fingerprint density at radius 1 is 1.07 bits per heavy atom. The molecular formula is C20H19N7. The normalized spacial score (nSPS) is 13.8. The molecule has 0 aromatic carbocycles. The van der Waals surface area contributed by atoms with Crippen molar-refractivity contribution in [1.29, 1.82) is 0 Å². The van der Waals surface area contributed by atoms with E-state index in [2.05, 4.69) is 46.1 Å². The molecule has 0 atom stereocenters. The Bertz CT molecular complexity index is 1130. The maximum atomic E-state index is 4.76. The van der Waals surface area contributed by atoms with Crippen LogP contribution in [0.4, 0.5) is 5.82 Å². The Morgan fingerprint density at radius 3 is 2.85 bits per heavy atom. The van der Waals surface area contributed by atoms with Crippen LogP contribution in [0.5, 0.6) is 0 Å². The van der Waals surface area contributed by atoms with E-state index >= 15 is 0 Å². The standard InChI is InChI=1S/C20H19N7/c1-13-14(2)20(25-27-12-23-24-19(13)27)26-7-5-18-17(11-26)8-16(10-22-18)15-4-3-6-21-9-15/h3-4,6,8-10,12H,5,7,11H2,1-2H3. The molecule has 27 heavy (non-hydrogen) atoms. The quantitative estimate of drug-likeness (QED) is 0.549. The molecule has 0 spiro atoms. The molecule has 4 aromatic rings. The van der Waals surface area contributed by atoms with Crippen molar-refractivity contribution in [2.24, 2.45) is 0 Å². The largest absolute Gasteiger partial charge is 0.350 e. The molecule has 0 fully saturated rings. The van der Waals surface area contributed by atoms with Crippen LogP contribution in [-0.4, -0.2) is 36.3 Å². The van der Waals surface area contributed by atoms with Gasteiger partial charge >= 0.3 is 0 Å². The molecule has 0 aliphatic carbocycles. The van der Waals surface area contributed by atoms with Crippen molar-refractivity contribution in [3.05, 3.63) is 65.5 Å². The second-order valence-corrected chi connectivity index (χ2v) is 6.92. The monoisotopic (exact) mass is 357 g/mol. The highest BCUT2D eigenvalue weighted by Gasteiger charge is 2.22. The van der Waals surface area contributed by atoms with Crippen LogP contribution < -0.4 is 4.90 Å². The number of aryl methyl sites for hydroxylation is 1. The van der Waals surface area contributed by atoms with E-state index < -0.39 is 0 Å². The van der Waals surface area contributed by atoms with E-state index in [9.17, 15) is 0 Å². The first-order valence-corrected chi connectivity index (χ1v) is 9.01. The molecule has 5 rings (SSSR count).